The lowest BCUT2D eigenvalue weighted by Gasteiger charge is -2.13. The fraction of sp³-hybridized carbons (Fsp3) is 0.333. The second kappa shape index (κ2) is 6.34. The molecular formula is C15H20N4O. The van der Waals surface area contributed by atoms with Gasteiger partial charge in [0.15, 0.2) is 0 Å². The zero-order chi connectivity index (χ0) is 14.5. The highest BCUT2D eigenvalue weighted by molar-refractivity contribution is 5.62. The van der Waals surface area contributed by atoms with Crippen LogP contribution in [0, 0.1) is 0 Å². The van der Waals surface area contributed by atoms with Crippen molar-refractivity contribution in [3.05, 3.63) is 41.7 Å². The lowest BCUT2D eigenvalue weighted by molar-refractivity contribution is 0.185. The summed E-state index contributed by atoms with van der Waals surface area (Å²) in [5.41, 5.74) is 7.86. The topological polar surface area (TPSA) is 73.1 Å². The number of para-hydroxylation sites is 1. The van der Waals surface area contributed by atoms with Crippen LogP contribution >= 0.6 is 0 Å². The molecule has 0 saturated carbocycles. The zero-order valence-electron chi connectivity index (χ0n) is 12.1. The smallest absolute Gasteiger partial charge is 0.136 e. The monoisotopic (exact) mass is 272 g/mol. The highest BCUT2D eigenvalue weighted by atomic mass is 16.5. The Morgan fingerprint density at radius 1 is 1.25 bits per heavy atom. The number of methoxy groups -OCH3 is 1. The van der Waals surface area contributed by atoms with E-state index in [1.54, 1.807) is 13.2 Å². The molecule has 0 amide bonds. The van der Waals surface area contributed by atoms with Gasteiger partial charge in [0.05, 0.1) is 6.61 Å². The van der Waals surface area contributed by atoms with Gasteiger partial charge in [-0.2, -0.15) is 0 Å². The van der Waals surface area contributed by atoms with Crippen molar-refractivity contribution in [3.63, 3.8) is 0 Å². The summed E-state index contributed by atoms with van der Waals surface area (Å²) in [7, 11) is 1.68. The van der Waals surface area contributed by atoms with E-state index in [0.29, 0.717) is 18.2 Å². The predicted octanol–water partition coefficient (Wildman–Crippen LogP) is 3.07. The van der Waals surface area contributed by atoms with E-state index in [1.807, 2.05) is 38.1 Å². The van der Waals surface area contributed by atoms with Crippen molar-refractivity contribution in [2.45, 2.75) is 26.4 Å². The molecule has 1 aromatic carbocycles. The van der Waals surface area contributed by atoms with Gasteiger partial charge in [-0.25, -0.2) is 9.97 Å². The quantitative estimate of drug-likeness (QED) is 0.875. The second-order valence-electron chi connectivity index (χ2n) is 4.91. The van der Waals surface area contributed by atoms with Gasteiger partial charge in [0.1, 0.15) is 17.5 Å². The molecule has 5 heteroatoms. The molecule has 1 aromatic heterocycles. The molecule has 20 heavy (non-hydrogen) atoms. The molecule has 0 unspecified atom stereocenters. The van der Waals surface area contributed by atoms with Crippen molar-refractivity contribution >= 4 is 17.3 Å². The van der Waals surface area contributed by atoms with Crippen LogP contribution in [0.4, 0.5) is 17.3 Å². The van der Waals surface area contributed by atoms with Crippen LogP contribution in [0.1, 0.15) is 31.2 Å². The van der Waals surface area contributed by atoms with Crippen LogP contribution in [0.25, 0.3) is 0 Å². The highest BCUT2D eigenvalue weighted by Crippen LogP contribution is 2.22. The molecule has 0 fully saturated rings. The first kappa shape index (κ1) is 14.3. The van der Waals surface area contributed by atoms with Gasteiger partial charge in [-0.3, -0.25) is 0 Å². The molecule has 0 bridgehead atoms. The maximum atomic E-state index is 5.83. The summed E-state index contributed by atoms with van der Waals surface area (Å²) in [6.07, 6.45) is 0. The summed E-state index contributed by atoms with van der Waals surface area (Å²) >= 11 is 0. The highest BCUT2D eigenvalue weighted by Gasteiger charge is 2.08. The van der Waals surface area contributed by atoms with Crippen molar-refractivity contribution in [2.24, 2.45) is 0 Å². The average molecular weight is 272 g/mol. The Kier molecular flexibility index (Phi) is 4.53. The Labute approximate surface area is 119 Å². The molecule has 0 radical (unpaired) electrons. The number of nitrogens with one attached hydrogen (secondary N) is 1. The maximum Gasteiger partial charge on any atom is 0.136 e. The van der Waals surface area contributed by atoms with Crippen LogP contribution in [0.15, 0.2) is 30.3 Å². The van der Waals surface area contributed by atoms with Crippen LogP contribution in [0.2, 0.25) is 0 Å². The molecule has 0 aliphatic carbocycles. The van der Waals surface area contributed by atoms with E-state index < -0.39 is 0 Å². The van der Waals surface area contributed by atoms with Gasteiger partial charge >= 0.3 is 0 Å². The van der Waals surface area contributed by atoms with Crippen molar-refractivity contribution in [1.82, 2.24) is 9.97 Å². The molecule has 106 valence electrons. The van der Waals surface area contributed by atoms with E-state index in [-0.39, 0.29) is 5.92 Å². The minimum absolute atomic E-state index is 0.230. The summed E-state index contributed by atoms with van der Waals surface area (Å²) in [6, 6.07) is 9.68. The standard InChI is InChI=1S/C15H20N4O/c1-10(2)15-18-13(16)8-14(19-15)17-12-7-5-4-6-11(12)9-20-3/h4-8,10H,9H2,1-3H3,(H3,16,17,18,19). The molecule has 0 spiro atoms. The SMILES string of the molecule is COCc1ccccc1Nc1cc(N)nc(C(C)C)n1. The van der Waals surface area contributed by atoms with E-state index in [9.17, 15) is 0 Å². The number of rotatable bonds is 5. The fourth-order valence-electron chi connectivity index (χ4n) is 1.87. The molecular weight excluding hydrogens is 252 g/mol. The van der Waals surface area contributed by atoms with Crippen LogP contribution < -0.4 is 11.1 Å². The fourth-order valence-corrected chi connectivity index (χ4v) is 1.87. The van der Waals surface area contributed by atoms with Crippen LogP contribution in [-0.2, 0) is 11.3 Å². The first-order valence-electron chi connectivity index (χ1n) is 6.58. The predicted molar refractivity (Wildman–Crippen MR) is 81.0 cm³/mol. The summed E-state index contributed by atoms with van der Waals surface area (Å²) in [6.45, 7) is 4.62. The van der Waals surface area contributed by atoms with E-state index >= 15 is 0 Å². The lowest BCUT2D eigenvalue weighted by Crippen LogP contribution is -2.06. The average Bonchev–Trinajstić information content (AvgIpc) is 2.40. The first-order chi connectivity index (χ1) is 9.60. The summed E-state index contributed by atoms with van der Waals surface area (Å²) < 4.78 is 5.19. The molecule has 0 atom stereocenters. The summed E-state index contributed by atoms with van der Waals surface area (Å²) in [5.74, 6) is 2.13. The Morgan fingerprint density at radius 2 is 2.00 bits per heavy atom. The van der Waals surface area contributed by atoms with Crippen molar-refractivity contribution in [2.75, 3.05) is 18.2 Å². The lowest BCUT2D eigenvalue weighted by atomic mass is 10.2. The second-order valence-corrected chi connectivity index (χ2v) is 4.91. The molecule has 2 aromatic rings. The minimum Gasteiger partial charge on any atom is -0.384 e. The van der Waals surface area contributed by atoms with E-state index in [0.717, 1.165) is 17.1 Å². The molecule has 0 aliphatic rings. The minimum atomic E-state index is 0.230. The zero-order valence-corrected chi connectivity index (χ0v) is 12.1. The van der Waals surface area contributed by atoms with E-state index in [2.05, 4.69) is 15.3 Å². The molecule has 0 aliphatic heterocycles. The third kappa shape index (κ3) is 3.45. The largest absolute Gasteiger partial charge is 0.384 e. The number of benzene rings is 1. The molecule has 1 heterocycles. The number of anilines is 3. The van der Waals surface area contributed by atoms with Crippen molar-refractivity contribution in [3.8, 4) is 0 Å². The Balaban J connectivity index is 2.30. The Morgan fingerprint density at radius 3 is 2.70 bits per heavy atom. The number of hydrogen-bond donors (Lipinski definition) is 2. The van der Waals surface area contributed by atoms with Crippen LogP contribution in [0.3, 0.4) is 0 Å². The van der Waals surface area contributed by atoms with Crippen LogP contribution in [-0.4, -0.2) is 17.1 Å². The van der Waals surface area contributed by atoms with Gasteiger partial charge in [0.2, 0.25) is 0 Å². The normalized spacial score (nSPS) is 10.8. The van der Waals surface area contributed by atoms with Crippen molar-refractivity contribution < 1.29 is 4.74 Å². The number of nitrogens with zero attached hydrogens (tertiary/aromatic N) is 2. The number of nitrogen functional groups attached to an aromatic ring is 1. The molecule has 0 saturated heterocycles. The van der Waals surface area contributed by atoms with Gasteiger partial charge < -0.3 is 15.8 Å². The van der Waals surface area contributed by atoms with E-state index in [4.69, 9.17) is 10.5 Å². The van der Waals surface area contributed by atoms with Gasteiger partial charge in [-0.15, -0.1) is 0 Å². The van der Waals surface area contributed by atoms with Crippen molar-refractivity contribution in [1.29, 1.82) is 0 Å². The number of nitrogens with two attached hydrogens (primary N) is 1. The van der Waals surface area contributed by atoms with Gasteiger partial charge in [0, 0.05) is 30.3 Å². The van der Waals surface area contributed by atoms with Gasteiger partial charge in [0.25, 0.3) is 0 Å². The van der Waals surface area contributed by atoms with Gasteiger partial charge in [-0.05, 0) is 6.07 Å². The van der Waals surface area contributed by atoms with E-state index in [1.165, 1.54) is 0 Å². The number of ether oxygens (including phenoxy) is 1. The third-order valence-electron chi connectivity index (χ3n) is 2.86. The Hall–Kier alpha value is -2.14. The summed E-state index contributed by atoms with van der Waals surface area (Å²) in [4.78, 5) is 8.72. The Bertz CT molecular complexity index is 584. The molecule has 3 N–H and O–H groups in total. The first-order valence-corrected chi connectivity index (χ1v) is 6.58. The third-order valence-corrected chi connectivity index (χ3v) is 2.86. The number of aromatic nitrogens is 2. The number of hydrogen-bond acceptors (Lipinski definition) is 5. The molecule has 2 rings (SSSR count). The molecule has 5 nitrogen and oxygen atoms in total. The van der Waals surface area contributed by atoms with Gasteiger partial charge in [-0.1, -0.05) is 32.0 Å². The van der Waals surface area contributed by atoms with Crippen LogP contribution in [0.5, 0.6) is 0 Å². The summed E-state index contributed by atoms with van der Waals surface area (Å²) in [5, 5.41) is 3.28. The maximum absolute atomic E-state index is 5.83.